The van der Waals surface area contributed by atoms with E-state index in [1.54, 1.807) is 0 Å². The summed E-state index contributed by atoms with van der Waals surface area (Å²) in [6.07, 6.45) is 25.2. The summed E-state index contributed by atoms with van der Waals surface area (Å²) >= 11 is 0. The Morgan fingerprint density at radius 3 is 1.61 bits per heavy atom. The van der Waals surface area contributed by atoms with Gasteiger partial charge in [-0.25, -0.2) is 0 Å². The van der Waals surface area contributed by atoms with Crippen LogP contribution in [0.4, 0.5) is 0 Å². The topological polar surface area (TPSA) is 105 Å². The Balaban J connectivity index is 1.42. The monoisotopic (exact) mass is 627 g/mol. The predicted molar refractivity (Wildman–Crippen MR) is 178 cm³/mol. The summed E-state index contributed by atoms with van der Waals surface area (Å²) in [6.45, 7) is 4.87. The van der Waals surface area contributed by atoms with Crippen LogP contribution in [-0.4, -0.2) is 70.6 Å². The molecule has 0 bridgehead atoms. The molecule has 0 spiro atoms. The van der Waals surface area contributed by atoms with Gasteiger partial charge < -0.3 is 29.5 Å². The highest BCUT2D eigenvalue weighted by atomic mass is 16.6. The van der Waals surface area contributed by atoms with Gasteiger partial charge in [0.25, 0.3) is 0 Å². The maximum atomic E-state index is 11.6. The SMILES string of the molecule is CCCCCC[C@H](O)CCC[C@H](O)[C@H]1CC[C@H]([C@H]2CC[C@H]([C@H](O)CCCCCCCCCCCCC(=O)OCCCC)O2)O1. The lowest BCUT2D eigenvalue weighted by Crippen LogP contribution is -2.33. The third-order valence-electron chi connectivity index (χ3n) is 9.76. The molecule has 0 aromatic rings. The highest BCUT2D eigenvalue weighted by Gasteiger charge is 2.40. The Bertz CT molecular complexity index is 689. The van der Waals surface area contributed by atoms with E-state index in [4.69, 9.17) is 14.2 Å². The van der Waals surface area contributed by atoms with Crippen molar-refractivity contribution >= 4 is 5.97 Å². The van der Waals surface area contributed by atoms with E-state index in [9.17, 15) is 20.1 Å². The number of aliphatic hydroxyl groups excluding tert-OH is 3. The molecule has 7 atom stereocenters. The van der Waals surface area contributed by atoms with E-state index >= 15 is 0 Å². The van der Waals surface area contributed by atoms with Crippen molar-refractivity contribution in [2.45, 2.75) is 224 Å². The van der Waals surface area contributed by atoms with E-state index in [0.29, 0.717) is 19.4 Å². The lowest BCUT2D eigenvalue weighted by Gasteiger charge is -2.24. The van der Waals surface area contributed by atoms with Crippen molar-refractivity contribution < 1.29 is 34.3 Å². The zero-order chi connectivity index (χ0) is 31.8. The predicted octanol–water partition coefficient (Wildman–Crippen LogP) is 8.33. The van der Waals surface area contributed by atoms with Crippen LogP contribution in [0.3, 0.4) is 0 Å². The van der Waals surface area contributed by atoms with Gasteiger partial charge in [-0.05, 0) is 70.6 Å². The quantitative estimate of drug-likeness (QED) is 0.0592. The molecular weight excluding hydrogens is 556 g/mol. The number of esters is 1. The average Bonchev–Trinajstić information content (AvgIpc) is 3.71. The third-order valence-corrected chi connectivity index (χ3v) is 9.76. The van der Waals surface area contributed by atoms with E-state index in [1.165, 1.54) is 57.8 Å². The molecule has 2 fully saturated rings. The summed E-state index contributed by atoms with van der Waals surface area (Å²) < 4.78 is 17.7. The van der Waals surface area contributed by atoms with Gasteiger partial charge in [-0.2, -0.15) is 0 Å². The first-order valence-corrected chi connectivity index (χ1v) is 18.9. The van der Waals surface area contributed by atoms with Gasteiger partial charge in [0.2, 0.25) is 0 Å². The fraction of sp³-hybridized carbons (Fsp3) is 0.973. The number of hydrogen-bond donors (Lipinski definition) is 3. The maximum absolute atomic E-state index is 11.6. The zero-order valence-electron chi connectivity index (χ0n) is 28.6. The van der Waals surface area contributed by atoms with Crippen molar-refractivity contribution in [1.29, 1.82) is 0 Å². The van der Waals surface area contributed by atoms with Crippen LogP contribution < -0.4 is 0 Å². The number of hydrogen-bond acceptors (Lipinski definition) is 7. The second kappa shape index (κ2) is 25.4. The largest absolute Gasteiger partial charge is 0.466 e. The number of carbonyl (C=O) groups is 1. The minimum atomic E-state index is -0.479. The summed E-state index contributed by atoms with van der Waals surface area (Å²) in [5, 5.41) is 31.6. The minimum absolute atomic E-state index is 0.0167. The Hall–Kier alpha value is -0.730. The molecule has 0 aromatic carbocycles. The van der Waals surface area contributed by atoms with Gasteiger partial charge in [-0.15, -0.1) is 0 Å². The molecule has 260 valence electrons. The summed E-state index contributed by atoms with van der Waals surface area (Å²) in [5.41, 5.74) is 0. The summed E-state index contributed by atoms with van der Waals surface area (Å²) in [4.78, 5) is 11.6. The first-order valence-electron chi connectivity index (χ1n) is 18.9. The molecule has 2 saturated heterocycles. The van der Waals surface area contributed by atoms with Gasteiger partial charge in [-0.3, -0.25) is 4.79 Å². The highest BCUT2D eigenvalue weighted by molar-refractivity contribution is 5.69. The average molecular weight is 627 g/mol. The lowest BCUT2D eigenvalue weighted by molar-refractivity contribution is -0.143. The van der Waals surface area contributed by atoms with Crippen molar-refractivity contribution in [2.24, 2.45) is 0 Å². The molecule has 0 amide bonds. The van der Waals surface area contributed by atoms with Crippen LogP contribution in [0.1, 0.15) is 181 Å². The van der Waals surface area contributed by atoms with E-state index in [2.05, 4.69) is 13.8 Å². The highest BCUT2D eigenvalue weighted by Crippen LogP contribution is 2.34. The first kappa shape index (κ1) is 39.4. The zero-order valence-corrected chi connectivity index (χ0v) is 28.6. The van der Waals surface area contributed by atoms with Crippen molar-refractivity contribution in [2.75, 3.05) is 6.61 Å². The molecule has 7 nitrogen and oxygen atoms in total. The van der Waals surface area contributed by atoms with Gasteiger partial charge in [0.1, 0.15) is 0 Å². The lowest BCUT2D eigenvalue weighted by atomic mass is 9.99. The van der Waals surface area contributed by atoms with E-state index in [1.807, 2.05) is 0 Å². The molecular formula is C37H70O7. The van der Waals surface area contributed by atoms with Gasteiger partial charge in [0.05, 0.1) is 49.3 Å². The number of aliphatic hydroxyl groups is 3. The van der Waals surface area contributed by atoms with E-state index < -0.39 is 12.2 Å². The normalized spacial score (nSPS) is 24.0. The van der Waals surface area contributed by atoms with Crippen LogP contribution in [0, 0.1) is 0 Å². The third kappa shape index (κ3) is 17.8. The molecule has 0 radical (unpaired) electrons. The summed E-state index contributed by atoms with van der Waals surface area (Å²) in [7, 11) is 0. The number of rotatable bonds is 28. The fourth-order valence-electron chi connectivity index (χ4n) is 6.82. The fourth-order valence-corrected chi connectivity index (χ4v) is 6.82. The van der Waals surface area contributed by atoms with Crippen LogP contribution in [0.5, 0.6) is 0 Å². The molecule has 0 unspecified atom stereocenters. The van der Waals surface area contributed by atoms with Crippen molar-refractivity contribution in [1.82, 2.24) is 0 Å². The van der Waals surface area contributed by atoms with Crippen molar-refractivity contribution in [3.05, 3.63) is 0 Å². The Labute approximate surface area is 270 Å². The van der Waals surface area contributed by atoms with Gasteiger partial charge >= 0.3 is 5.97 Å². The molecule has 44 heavy (non-hydrogen) atoms. The number of carbonyl (C=O) groups excluding carboxylic acids is 1. The summed E-state index contributed by atoms with van der Waals surface area (Å²) in [6, 6.07) is 0. The van der Waals surface area contributed by atoms with E-state index in [0.717, 1.165) is 96.3 Å². The smallest absolute Gasteiger partial charge is 0.305 e. The van der Waals surface area contributed by atoms with Gasteiger partial charge in [-0.1, -0.05) is 104 Å². The molecule has 2 aliphatic rings. The molecule has 0 saturated carbocycles. The van der Waals surface area contributed by atoms with Crippen LogP contribution in [0.25, 0.3) is 0 Å². The second-order valence-corrected chi connectivity index (χ2v) is 13.8. The molecule has 2 heterocycles. The van der Waals surface area contributed by atoms with E-state index in [-0.39, 0.29) is 36.5 Å². The van der Waals surface area contributed by atoms with Crippen molar-refractivity contribution in [3.63, 3.8) is 0 Å². The van der Waals surface area contributed by atoms with Crippen LogP contribution in [0.2, 0.25) is 0 Å². The second-order valence-electron chi connectivity index (χ2n) is 13.8. The Morgan fingerprint density at radius 2 is 1.05 bits per heavy atom. The number of unbranched alkanes of at least 4 members (excludes halogenated alkanes) is 13. The summed E-state index contributed by atoms with van der Waals surface area (Å²) in [5.74, 6) is -0.0391. The first-order chi connectivity index (χ1) is 21.4. The minimum Gasteiger partial charge on any atom is -0.466 e. The maximum Gasteiger partial charge on any atom is 0.305 e. The molecule has 0 aliphatic carbocycles. The van der Waals surface area contributed by atoms with Crippen LogP contribution in [0.15, 0.2) is 0 Å². The molecule has 2 aliphatic heterocycles. The van der Waals surface area contributed by atoms with Gasteiger partial charge in [0.15, 0.2) is 0 Å². The van der Waals surface area contributed by atoms with Crippen molar-refractivity contribution in [3.8, 4) is 0 Å². The van der Waals surface area contributed by atoms with Crippen LogP contribution in [-0.2, 0) is 19.0 Å². The molecule has 7 heteroatoms. The van der Waals surface area contributed by atoms with Gasteiger partial charge in [0, 0.05) is 6.42 Å². The standard InChI is InChI=1S/C37H70O7/c1-3-5-7-16-20-30(38)21-19-23-32(40)34-26-28-36(44-34)35-27-25-33(43-35)31(39)22-17-14-12-10-8-9-11-13-15-18-24-37(41)42-29-6-4-2/h30-36,38-40H,3-29H2,1-2H3/t30-,31+,32-,33+,34+,35+,36+/m0/s1. The Kier molecular flexibility index (Phi) is 22.7. The van der Waals surface area contributed by atoms with Crippen LogP contribution >= 0.6 is 0 Å². The molecule has 2 rings (SSSR count). The molecule has 3 N–H and O–H groups in total. The number of ether oxygens (including phenoxy) is 3. The molecule has 0 aromatic heterocycles. The Morgan fingerprint density at radius 1 is 0.591 bits per heavy atom.